The van der Waals surface area contributed by atoms with Crippen LogP contribution in [0.2, 0.25) is 0 Å². The monoisotopic (exact) mass is 241 g/mol. The second-order valence-electron chi connectivity index (χ2n) is 4.85. The zero-order valence-corrected chi connectivity index (χ0v) is 10.7. The predicted octanol–water partition coefficient (Wildman–Crippen LogP) is -0.471. The molecular weight excluding hydrogens is 218 g/mol. The number of nitrogens with zero attached hydrogens (tertiary/aromatic N) is 2. The zero-order chi connectivity index (χ0) is 12.1. The van der Waals surface area contributed by atoms with Crippen molar-refractivity contribution in [1.82, 2.24) is 15.1 Å². The molecule has 5 heteroatoms. The number of hydrogen-bond acceptors (Lipinski definition) is 4. The quantitative estimate of drug-likeness (QED) is 0.723. The summed E-state index contributed by atoms with van der Waals surface area (Å²) in [5.74, 6) is 0.151. The van der Waals surface area contributed by atoms with Gasteiger partial charge in [-0.3, -0.25) is 9.69 Å². The lowest BCUT2D eigenvalue weighted by Gasteiger charge is -2.29. The van der Waals surface area contributed by atoms with Crippen molar-refractivity contribution in [2.75, 3.05) is 52.9 Å². The van der Waals surface area contributed by atoms with Crippen LogP contribution < -0.4 is 5.32 Å². The van der Waals surface area contributed by atoms with E-state index in [9.17, 15) is 4.79 Å². The van der Waals surface area contributed by atoms with Crippen LogP contribution in [0.25, 0.3) is 0 Å². The van der Waals surface area contributed by atoms with Gasteiger partial charge in [0.2, 0.25) is 0 Å². The molecule has 1 N–H and O–H groups in total. The molecule has 0 aromatic rings. The van der Waals surface area contributed by atoms with Crippen molar-refractivity contribution in [2.24, 2.45) is 0 Å². The number of likely N-dealkylation sites (N-methyl/N-ethyl adjacent to an activating group) is 1. The Morgan fingerprint density at radius 2 is 2.24 bits per heavy atom. The van der Waals surface area contributed by atoms with Gasteiger partial charge >= 0.3 is 0 Å². The number of rotatable bonds is 4. The minimum atomic E-state index is -0.178. The largest absolute Gasteiger partial charge is 0.368 e. The third-order valence-electron chi connectivity index (χ3n) is 3.54. The number of amides is 1. The first-order valence-corrected chi connectivity index (χ1v) is 6.57. The Hall–Kier alpha value is -0.650. The maximum Gasteiger partial charge on any atom is 0.251 e. The summed E-state index contributed by atoms with van der Waals surface area (Å²) in [5.41, 5.74) is 0. The average Bonchev–Trinajstić information content (AvgIpc) is 2.90. The maximum absolute atomic E-state index is 12.0. The Balaban J connectivity index is 1.68. The van der Waals surface area contributed by atoms with Gasteiger partial charge in [0.1, 0.15) is 6.10 Å². The van der Waals surface area contributed by atoms with Gasteiger partial charge in [0.15, 0.2) is 0 Å². The molecule has 5 nitrogen and oxygen atoms in total. The molecule has 2 fully saturated rings. The molecule has 2 rings (SSSR count). The number of carbonyl (C=O) groups is 1. The summed E-state index contributed by atoms with van der Waals surface area (Å²) < 4.78 is 5.41. The van der Waals surface area contributed by atoms with E-state index >= 15 is 0 Å². The van der Waals surface area contributed by atoms with Crippen LogP contribution >= 0.6 is 0 Å². The summed E-state index contributed by atoms with van der Waals surface area (Å²) in [6, 6.07) is 0. The molecule has 0 bridgehead atoms. The van der Waals surface area contributed by atoms with Gasteiger partial charge in [-0.15, -0.1) is 0 Å². The van der Waals surface area contributed by atoms with Gasteiger partial charge in [0.25, 0.3) is 5.91 Å². The highest BCUT2D eigenvalue weighted by atomic mass is 16.5. The molecule has 0 aromatic carbocycles. The van der Waals surface area contributed by atoms with Crippen LogP contribution in [0, 0.1) is 0 Å². The molecular formula is C12H23N3O2. The predicted molar refractivity (Wildman–Crippen MR) is 65.9 cm³/mol. The highest BCUT2D eigenvalue weighted by Crippen LogP contribution is 2.13. The van der Waals surface area contributed by atoms with E-state index in [0.29, 0.717) is 0 Å². The third kappa shape index (κ3) is 3.66. The van der Waals surface area contributed by atoms with E-state index in [4.69, 9.17) is 4.74 Å². The van der Waals surface area contributed by atoms with Gasteiger partial charge in [0, 0.05) is 52.9 Å². The second kappa shape index (κ2) is 6.33. The Kier molecular flexibility index (Phi) is 4.76. The molecule has 2 aliphatic rings. The fourth-order valence-corrected chi connectivity index (χ4v) is 2.35. The Morgan fingerprint density at radius 3 is 2.88 bits per heavy atom. The highest BCUT2D eigenvalue weighted by Gasteiger charge is 2.26. The fraction of sp³-hybridized carbons (Fsp3) is 0.917. The van der Waals surface area contributed by atoms with E-state index in [-0.39, 0.29) is 12.0 Å². The lowest BCUT2D eigenvalue weighted by Crippen LogP contribution is -2.47. The fourth-order valence-electron chi connectivity index (χ4n) is 2.35. The van der Waals surface area contributed by atoms with Gasteiger partial charge in [-0.05, 0) is 12.8 Å². The molecule has 1 atom stereocenters. The number of carbonyl (C=O) groups excluding carboxylic acids is 1. The van der Waals surface area contributed by atoms with E-state index in [1.807, 2.05) is 11.9 Å². The topological polar surface area (TPSA) is 44.8 Å². The molecule has 98 valence electrons. The van der Waals surface area contributed by atoms with E-state index in [2.05, 4.69) is 10.2 Å². The van der Waals surface area contributed by atoms with Gasteiger partial charge < -0.3 is 15.0 Å². The minimum Gasteiger partial charge on any atom is -0.368 e. The summed E-state index contributed by atoms with van der Waals surface area (Å²) in [4.78, 5) is 16.2. The van der Waals surface area contributed by atoms with Crippen LogP contribution in [-0.2, 0) is 9.53 Å². The van der Waals surface area contributed by atoms with Crippen molar-refractivity contribution < 1.29 is 9.53 Å². The van der Waals surface area contributed by atoms with Crippen molar-refractivity contribution in [3.8, 4) is 0 Å². The molecule has 0 unspecified atom stereocenters. The molecule has 0 aromatic heterocycles. The van der Waals surface area contributed by atoms with Crippen LogP contribution in [0.1, 0.15) is 12.8 Å². The second-order valence-corrected chi connectivity index (χ2v) is 4.85. The molecule has 0 radical (unpaired) electrons. The number of ether oxygens (including phenoxy) is 1. The van der Waals surface area contributed by atoms with Crippen molar-refractivity contribution in [3.63, 3.8) is 0 Å². The SMILES string of the molecule is CN(CCN1CCNCC1)C(=O)[C@H]1CCCO1. The number of hydrogen-bond donors (Lipinski definition) is 1. The Morgan fingerprint density at radius 1 is 1.47 bits per heavy atom. The minimum absolute atomic E-state index is 0.151. The molecule has 1 amide bonds. The van der Waals surface area contributed by atoms with Crippen molar-refractivity contribution in [2.45, 2.75) is 18.9 Å². The van der Waals surface area contributed by atoms with Crippen LogP contribution in [0.5, 0.6) is 0 Å². The molecule has 0 aliphatic carbocycles. The molecule has 0 spiro atoms. The zero-order valence-electron chi connectivity index (χ0n) is 10.7. The number of nitrogens with one attached hydrogen (secondary N) is 1. The van der Waals surface area contributed by atoms with Crippen LogP contribution in [0.4, 0.5) is 0 Å². The smallest absolute Gasteiger partial charge is 0.251 e. The van der Waals surface area contributed by atoms with Gasteiger partial charge in [0.05, 0.1) is 0 Å². The van der Waals surface area contributed by atoms with Gasteiger partial charge in [-0.1, -0.05) is 0 Å². The lowest BCUT2D eigenvalue weighted by atomic mass is 10.2. The Labute approximate surface area is 103 Å². The normalized spacial score (nSPS) is 26.1. The Bertz CT molecular complexity index is 248. The summed E-state index contributed by atoms with van der Waals surface area (Å²) in [6.45, 7) is 6.80. The van der Waals surface area contributed by atoms with E-state index in [1.165, 1.54) is 0 Å². The third-order valence-corrected chi connectivity index (χ3v) is 3.54. The summed E-state index contributed by atoms with van der Waals surface area (Å²) in [5, 5.41) is 3.33. The maximum atomic E-state index is 12.0. The summed E-state index contributed by atoms with van der Waals surface area (Å²) >= 11 is 0. The van der Waals surface area contributed by atoms with Crippen molar-refractivity contribution >= 4 is 5.91 Å². The molecule has 2 heterocycles. The molecule has 2 saturated heterocycles. The van der Waals surface area contributed by atoms with Crippen LogP contribution in [0.15, 0.2) is 0 Å². The molecule has 2 aliphatic heterocycles. The standard InChI is InChI=1S/C12H23N3O2/c1-14(12(16)11-3-2-10-17-11)8-9-15-6-4-13-5-7-15/h11,13H,2-10H2,1H3/t11-/m1/s1. The average molecular weight is 241 g/mol. The summed E-state index contributed by atoms with van der Waals surface area (Å²) in [7, 11) is 1.88. The first kappa shape index (κ1) is 12.8. The lowest BCUT2D eigenvalue weighted by molar-refractivity contribution is -0.139. The number of piperazine rings is 1. The first-order chi connectivity index (χ1) is 8.27. The first-order valence-electron chi connectivity index (χ1n) is 6.57. The van der Waals surface area contributed by atoms with E-state index in [0.717, 1.165) is 58.7 Å². The van der Waals surface area contributed by atoms with Gasteiger partial charge in [-0.2, -0.15) is 0 Å². The van der Waals surface area contributed by atoms with Gasteiger partial charge in [-0.25, -0.2) is 0 Å². The van der Waals surface area contributed by atoms with Crippen molar-refractivity contribution in [1.29, 1.82) is 0 Å². The van der Waals surface area contributed by atoms with Crippen molar-refractivity contribution in [3.05, 3.63) is 0 Å². The van der Waals surface area contributed by atoms with E-state index < -0.39 is 0 Å². The molecule has 0 saturated carbocycles. The van der Waals surface area contributed by atoms with Crippen LogP contribution in [-0.4, -0.2) is 74.7 Å². The molecule has 17 heavy (non-hydrogen) atoms. The summed E-state index contributed by atoms with van der Waals surface area (Å²) in [6.07, 6.45) is 1.72. The highest BCUT2D eigenvalue weighted by molar-refractivity contribution is 5.80. The van der Waals surface area contributed by atoms with Crippen LogP contribution in [0.3, 0.4) is 0 Å². The van der Waals surface area contributed by atoms with E-state index in [1.54, 1.807) is 0 Å².